The zero-order chi connectivity index (χ0) is 22.7. The van der Waals surface area contributed by atoms with Gasteiger partial charge in [0.25, 0.3) is 0 Å². The van der Waals surface area contributed by atoms with Crippen LogP contribution in [-0.2, 0) is 10.0 Å². The molecule has 0 aliphatic carbocycles. The van der Waals surface area contributed by atoms with Gasteiger partial charge in [-0.05, 0) is 60.5 Å². The number of piperazine rings is 1. The third kappa shape index (κ3) is 4.90. The molecule has 0 atom stereocenters. The quantitative estimate of drug-likeness (QED) is 0.385. The molecule has 1 aromatic heterocycles. The van der Waals surface area contributed by atoms with Crippen LogP contribution < -0.4 is 9.62 Å². The normalized spacial score (nSPS) is 15.5. The summed E-state index contributed by atoms with van der Waals surface area (Å²) < 4.78 is 28.1. The highest BCUT2D eigenvalue weighted by Crippen LogP contribution is 2.27. The van der Waals surface area contributed by atoms with E-state index in [4.69, 9.17) is 0 Å². The number of H-pyrrole nitrogens is 1. The Labute approximate surface area is 195 Å². The van der Waals surface area contributed by atoms with Crippen molar-refractivity contribution in [1.29, 1.82) is 0 Å². The fraction of sp³-hybridized carbons (Fsp3) is 0.308. The van der Waals surface area contributed by atoms with E-state index in [-0.39, 0.29) is 0 Å². The summed E-state index contributed by atoms with van der Waals surface area (Å²) in [5.74, 6) is 0. The molecule has 0 spiro atoms. The molecule has 172 valence electrons. The number of sulfonamides is 1. The van der Waals surface area contributed by atoms with Gasteiger partial charge in [0.2, 0.25) is 10.0 Å². The number of hydrogen-bond donors (Lipinski definition) is 2. The van der Waals surface area contributed by atoms with Crippen LogP contribution in [0.4, 0.5) is 5.69 Å². The first-order valence-electron chi connectivity index (χ1n) is 11.6. The maximum absolute atomic E-state index is 12.7. The molecule has 4 aromatic rings. The summed E-state index contributed by atoms with van der Waals surface area (Å²) in [4.78, 5) is 8.56. The molecule has 2 N–H and O–H groups in total. The average molecular weight is 463 g/mol. The summed E-state index contributed by atoms with van der Waals surface area (Å²) in [5, 5.41) is 3.26. The van der Waals surface area contributed by atoms with E-state index in [9.17, 15) is 8.42 Å². The van der Waals surface area contributed by atoms with Crippen molar-refractivity contribution in [3.8, 4) is 0 Å². The Hall–Kier alpha value is -2.87. The maximum atomic E-state index is 12.7. The lowest BCUT2D eigenvalue weighted by atomic mass is 10.1. The molecular weight excluding hydrogens is 432 g/mol. The number of fused-ring (bicyclic) bond motifs is 2. The van der Waals surface area contributed by atoms with Crippen LogP contribution in [0.5, 0.6) is 0 Å². The maximum Gasteiger partial charge on any atom is 0.240 e. The molecule has 0 saturated carbocycles. The monoisotopic (exact) mass is 462 g/mol. The number of rotatable bonds is 8. The van der Waals surface area contributed by atoms with E-state index in [1.165, 1.54) is 16.6 Å². The lowest BCUT2D eigenvalue weighted by Gasteiger charge is -2.36. The molecule has 1 aliphatic rings. The van der Waals surface area contributed by atoms with Crippen LogP contribution in [0, 0.1) is 0 Å². The van der Waals surface area contributed by atoms with Crippen molar-refractivity contribution in [2.24, 2.45) is 0 Å². The van der Waals surface area contributed by atoms with Crippen molar-refractivity contribution in [3.05, 3.63) is 72.9 Å². The highest BCUT2D eigenvalue weighted by Gasteiger charge is 2.19. The molecule has 33 heavy (non-hydrogen) atoms. The van der Waals surface area contributed by atoms with Crippen LogP contribution >= 0.6 is 0 Å². The topological polar surface area (TPSA) is 68.4 Å². The van der Waals surface area contributed by atoms with Gasteiger partial charge in [0.15, 0.2) is 0 Å². The summed E-state index contributed by atoms with van der Waals surface area (Å²) >= 11 is 0. The van der Waals surface area contributed by atoms with Gasteiger partial charge in [-0.1, -0.05) is 36.4 Å². The highest BCUT2D eigenvalue weighted by molar-refractivity contribution is 7.89. The second-order valence-corrected chi connectivity index (χ2v) is 10.4. The molecule has 0 unspecified atom stereocenters. The zero-order valence-electron chi connectivity index (χ0n) is 18.7. The van der Waals surface area contributed by atoms with Crippen LogP contribution in [0.1, 0.15) is 12.8 Å². The summed E-state index contributed by atoms with van der Waals surface area (Å²) in [6.07, 6.45) is 3.81. The molecule has 5 rings (SSSR count). The lowest BCUT2D eigenvalue weighted by Crippen LogP contribution is -2.46. The van der Waals surface area contributed by atoms with E-state index < -0.39 is 10.0 Å². The van der Waals surface area contributed by atoms with Crippen molar-refractivity contribution in [3.63, 3.8) is 0 Å². The van der Waals surface area contributed by atoms with Gasteiger partial charge in [-0.2, -0.15) is 0 Å². The van der Waals surface area contributed by atoms with Crippen molar-refractivity contribution >= 4 is 37.4 Å². The molecule has 1 aliphatic heterocycles. The summed E-state index contributed by atoms with van der Waals surface area (Å²) in [6.45, 7) is 5.55. The van der Waals surface area contributed by atoms with E-state index in [0.29, 0.717) is 11.4 Å². The molecule has 7 heteroatoms. The number of nitrogens with zero attached hydrogens (tertiary/aromatic N) is 2. The minimum absolute atomic E-state index is 0.328. The van der Waals surface area contributed by atoms with Crippen molar-refractivity contribution in [2.75, 3.05) is 44.2 Å². The van der Waals surface area contributed by atoms with Crippen LogP contribution in [0.15, 0.2) is 77.8 Å². The largest absolute Gasteiger partial charge is 0.368 e. The number of aromatic amines is 1. The molecular formula is C26H30N4O2S. The standard InChI is InChI=1S/C26H30N4O2S/c31-33(32,23-11-10-21-6-1-2-7-22(21)20-23)28-13-3-4-15-29-16-18-30(19-17-29)26-9-5-8-25-24(26)12-14-27-25/h1-2,5-12,14,20,27-28H,3-4,13,15-19H2. The van der Waals surface area contributed by atoms with Crippen molar-refractivity contribution in [2.45, 2.75) is 17.7 Å². The number of unbranched alkanes of at least 4 members (excludes halogenated alkanes) is 1. The molecule has 6 nitrogen and oxygen atoms in total. The minimum atomic E-state index is -3.48. The Morgan fingerprint density at radius 2 is 1.67 bits per heavy atom. The van der Waals surface area contributed by atoms with Gasteiger partial charge < -0.3 is 9.88 Å². The van der Waals surface area contributed by atoms with E-state index in [0.717, 1.165) is 56.3 Å². The lowest BCUT2D eigenvalue weighted by molar-refractivity contribution is 0.253. The third-order valence-corrected chi connectivity index (χ3v) is 7.97. The fourth-order valence-electron chi connectivity index (χ4n) is 4.64. The fourth-order valence-corrected chi connectivity index (χ4v) is 5.75. The first-order valence-corrected chi connectivity index (χ1v) is 13.1. The average Bonchev–Trinajstić information content (AvgIpc) is 3.33. The van der Waals surface area contributed by atoms with Gasteiger partial charge in [-0.3, -0.25) is 4.90 Å². The Bertz CT molecular complexity index is 1340. The number of aromatic nitrogens is 1. The number of hydrogen-bond acceptors (Lipinski definition) is 4. The Kier molecular flexibility index (Phi) is 6.35. The van der Waals surface area contributed by atoms with Gasteiger partial charge in [0.1, 0.15) is 0 Å². The summed E-state index contributed by atoms with van der Waals surface area (Å²) in [5.41, 5.74) is 2.48. The Balaban J connectivity index is 1.06. The number of nitrogens with one attached hydrogen (secondary N) is 2. The van der Waals surface area contributed by atoms with Gasteiger partial charge >= 0.3 is 0 Å². The predicted molar refractivity (Wildman–Crippen MR) is 135 cm³/mol. The Morgan fingerprint density at radius 1 is 0.848 bits per heavy atom. The molecule has 1 fully saturated rings. The SMILES string of the molecule is O=S(=O)(NCCCCN1CCN(c2cccc3[nH]ccc23)CC1)c1ccc2ccccc2c1. The van der Waals surface area contributed by atoms with Gasteiger partial charge in [-0.15, -0.1) is 0 Å². The Morgan fingerprint density at radius 3 is 2.52 bits per heavy atom. The third-order valence-electron chi connectivity index (χ3n) is 6.51. The first-order chi connectivity index (χ1) is 16.1. The molecule has 2 heterocycles. The molecule has 3 aromatic carbocycles. The second kappa shape index (κ2) is 9.55. The summed E-state index contributed by atoms with van der Waals surface area (Å²) in [7, 11) is -3.48. The van der Waals surface area contributed by atoms with Crippen LogP contribution in [0.3, 0.4) is 0 Å². The molecule has 1 saturated heterocycles. The van der Waals surface area contributed by atoms with Crippen molar-refractivity contribution < 1.29 is 8.42 Å². The van der Waals surface area contributed by atoms with Gasteiger partial charge in [0, 0.05) is 55.5 Å². The van der Waals surface area contributed by atoms with Crippen LogP contribution in [0.2, 0.25) is 0 Å². The van der Waals surface area contributed by atoms with Crippen LogP contribution in [0.25, 0.3) is 21.7 Å². The van der Waals surface area contributed by atoms with Crippen LogP contribution in [-0.4, -0.2) is 57.6 Å². The van der Waals surface area contributed by atoms with Gasteiger partial charge in [-0.25, -0.2) is 13.1 Å². The van der Waals surface area contributed by atoms with Crippen molar-refractivity contribution in [1.82, 2.24) is 14.6 Å². The highest BCUT2D eigenvalue weighted by atomic mass is 32.2. The zero-order valence-corrected chi connectivity index (χ0v) is 19.5. The second-order valence-electron chi connectivity index (χ2n) is 8.66. The first kappa shape index (κ1) is 21.9. The molecule has 0 radical (unpaired) electrons. The van der Waals surface area contributed by atoms with E-state index >= 15 is 0 Å². The summed E-state index contributed by atoms with van der Waals surface area (Å²) in [6, 6.07) is 21.7. The smallest absolute Gasteiger partial charge is 0.240 e. The van der Waals surface area contributed by atoms with Gasteiger partial charge in [0.05, 0.1) is 4.90 Å². The van der Waals surface area contributed by atoms with E-state index in [1.54, 1.807) is 12.1 Å². The number of benzene rings is 3. The van der Waals surface area contributed by atoms with E-state index in [1.807, 2.05) is 36.5 Å². The molecule has 0 bridgehead atoms. The minimum Gasteiger partial charge on any atom is -0.368 e. The van der Waals surface area contributed by atoms with E-state index in [2.05, 4.69) is 43.8 Å². The molecule has 0 amide bonds. The predicted octanol–water partition coefficient (Wildman–Crippen LogP) is 4.20. The number of anilines is 1.